The molecule has 0 atom stereocenters. The minimum Gasteiger partial charge on any atom is -0.867 e. The van der Waals surface area contributed by atoms with E-state index in [0.717, 1.165) is 16.8 Å². The van der Waals surface area contributed by atoms with Gasteiger partial charge in [0.15, 0.2) is 17.4 Å². The van der Waals surface area contributed by atoms with Crippen LogP contribution in [-0.2, 0) is 0 Å². The van der Waals surface area contributed by atoms with Crippen molar-refractivity contribution in [3.63, 3.8) is 0 Å². The summed E-state index contributed by atoms with van der Waals surface area (Å²) in [4.78, 5) is 0.297. The van der Waals surface area contributed by atoms with Crippen LogP contribution in [0.15, 0.2) is 67.0 Å². The van der Waals surface area contributed by atoms with Gasteiger partial charge in [0.25, 0.3) is 0 Å². The zero-order valence-corrected chi connectivity index (χ0v) is 17.7. The molecule has 0 radical (unpaired) electrons. The molecular formula is C22H18Cl2N2OS. The summed E-state index contributed by atoms with van der Waals surface area (Å²) >= 11 is 18.0. The van der Waals surface area contributed by atoms with Crippen LogP contribution in [0.5, 0.6) is 0 Å². The number of halogens is 2. The number of aromatic nitrogens is 1. The van der Waals surface area contributed by atoms with Gasteiger partial charge in [-0.1, -0.05) is 53.6 Å². The molecule has 0 saturated heterocycles. The van der Waals surface area contributed by atoms with E-state index in [1.807, 2.05) is 50.2 Å². The van der Waals surface area contributed by atoms with E-state index in [1.54, 1.807) is 35.2 Å². The first-order valence-electron chi connectivity index (χ1n) is 8.59. The lowest BCUT2D eigenvalue weighted by atomic mass is 10.1. The second-order valence-corrected chi connectivity index (χ2v) is 7.61. The topological polar surface area (TPSA) is 39.0 Å². The van der Waals surface area contributed by atoms with Crippen molar-refractivity contribution in [1.82, 2.24) is 0 Å². The van der Waals surface area contributed by atoms with Gasteiger partial charge in [-0.15, -0.1) is 0 Å². The van der Waals surface area contributed by atoms with E-state index in [4.69, 9.17) is 35.4 Å². The Hall–Kier alpha value is -2.40. The van der Waals surface area contributed by atoms with Crippen LogP contribution in [0.25, 0.3) is 11.5 Å². The Morgan fingerprint density at radius 3 is 2.43 bits per heavy atom. The number of nitrogens with one attached hydrogen (secondary N) is 1. The predicted molar refractivity (Wildman–Crippen MR) is 118 cm³/mol. The molecular weight excluding hydrogens is 411 g/mol. The average molecular weight is 429 g/mol. The molecule has 3 aromatic rings. The van der Waals surface area contributed by atoms with Crippen molar-refractivity contribution in [1.29, 1.82) is 0 Å². The molecule has 2 aromatic carbocycles. The van der Waals surface area contributed by atoms with E-state index in [1.165, 1.54) is 0 Å². The van der Waals surface area contributed by atoms with Gasteiger partial charge in [0, 0.05) is 27.9 Å². The van der Waals surface area contributed by atoms with Crippen molar-refractivity contribution < 1.29 is 9.67 Å². The minimum atomic E-state index is -0.313. The highest BCUT2D eigenvalue weighted by Gasteiger charge is 2.20. The van der Waals surface area contributed by atoms with Gasteiger partial charge in [0.1, 0.15) is 0 Å². The van der Waals surface area contributed by atoms with Crippen LogP contribution in [0, 0.1) is 13.8 Å². The first-order valence-corrected chi connectivity index (χ1v) is 9.75. The highest BCUT2D eigenvalue weighted by atomic mass is 35.5. The molecule has 0 unspecified atom stereocenters. The highest BCUT2D eigenvalue weighted by Crippen LogP contribution is 2.27. The summed E-state index contributed by atoms with van der Waals surface area (Å²) in [5.74, 6) is -0.313. The van der Waals surface area contributed by atoms with Crippen molar-refractivity contribution in [2.45, 2.75) is 13.8 Å². The average Bonchev–Trinajstić information content (AvgIpc) is 2.67. The van der Waals surface area contributed by atoms with Crippen molar-refractivity contribution in [3.05, 3.63) is 93.7 Å². The Labute approximate surface area is 179 Å². The minimum absolute atomic E-state index is 0.292. The third-order valence-electron chi connectivity index (χ3n) is 4.22. The molecule has 0 aliphatic heterocycles. The van der Waals surface area contributed by atoms with E-state index in [9.17, 15) is 5.11 Å². The van der Waals surface area contributed by atoms with Gasteiger partial charge in [-0.05, 0) is 60.6 Å². The fourth-order valence-corrected chi connectivity index (χ4v) is 3.42. The van der Waals surface area contributed by atoms with Gasteiger partial charge in [0.2, 0.25) is 5.70 Å². The summed E-state index contributed by atoms with van der Waals surface area (Å²) in [6.45, 7) is 3.98. The molecule has 6 heteroatoms. The maximum Gasteiger partial charge on any atom is 0.238 e. The zero-order chi connectivity index (χ0) is 20.3. The number of pyridine rings is 1. The van der Waals surface area contributed by atoms with Crippen LogP contribution in [0.1, 0.15) is 16.7 Å². The fourth-order valence-electron chi connectivity index (χ4n) is 2.74. The first kappa shape index (κ1) is 20.3. The molecule has 1 heterocycles. The molecule has 3 rings (SSSR count). The van der Waals surface area contributed by atoms with Gasteiger partial charge in [-0.3, -0.25) is 0 Å². The van der Waals surface area contributed by atoms with E-state index in [2.05, 4.69) is 5.32 Å². The summed E-state index contributed by atoms with van der Waals surface area (Å²) in [6, 6.07) is 16.3. The number of hydrogen-bond acceptors (Lipinski definition) is 2. The van der Waals surface area contributed by atoms with Gasteiger partial charge < -0.3 is 10.4 Å². The summed E-state index contributed by atoms with van der Waals surface area (Å²) in [5, 5.41) is 17.3. The second kappa shape index (κ2) is 8.74. The third kappa shape index (κ3) is 4.53. The Balaban J connectivity index is 2.13. The molecule has 1 aromatic heterocycles. The SMILES string of the molecule is Cc1ccc(C)c(NC(=S)/C(=C(/[O-])c2cc(Cl)ccc2Cl)[n+]2ccccc2)c1. The van der Waals surface area contributed by atoms with Crippen molar-refractivity contribution in [2.75, 3.05) is 5.32 Å². The monoisotopic (exact) mass is 428 g/mol. The Bertz CT molecular complexity index is 1070. The summed E-state index contributed by atoms with van der Waals surface area (Å²) in [7, 11) is 0. The highest BCUT2D eigenvalue weighted by molar-refractivity contribution is 7.81. The summed E-state index contributed by atoms with van der Waals surface area (Å²) in [6.07, 6.45) is 3.53. The number of nitrogens with zero attached hydrogens (tertiary/aromatic N) is 1. The fraction of sp³-hybridized carbons (Fsp3) is 0.0909. The lowest BCUT2D eigenvalue weighted by Gasteiger charge is -2.19. The second-order valence-electron chi connectivity index (χ2n) is 6.36. The van der Waals surface area contributed by atoms with E-state index >= 15 is 0 Å². The molecule has 28 heavy (non-hydrogen) atoms. The molecule has 142 valence electrons. The zero-order valence-electron chi connectivity index (χ0n) is 15.4. The molecule has 0 fully saturated rings. The predicted octanol–water partition coefficient (Wildman–Crippen LogP) is 5.02. The third-order valence-corrected chi connectivity index (χ3v) is 5.08. The summed E-state index contributed by atoms with van der Waals surface area (Å²) < 4.78 is 1.68. The van der Waals surface area contributed by atoms with Gasteiger partial charge in [-0.25, -0.2) is 0 Å². The lowest BCUT2D eigenvalue weighted by molar-refractivity contribution is -0.577. The van der Waals surface area contributed by atoms with Gasteiger partial charge in [0.05, 0.1) is 0 Å². The van der Waals surface area contributed by atoms with Crippen molar-refractivity contribution >= 4 is 57.6 Å². The van der Waals surface area contributed by atoms with Crippen LogP contribution in [-0.4, -0.2) is 4.99 Å². The molecule has 0 amide bonds. The van der Waals surface area contributed by atoms with Gasteiger partial charge >= 0.3 is 0 Å². The molecule has 1 N–H and O–H groups in total. The Kier molecular flexibility index (Phi) is 6.35. The number of aryl methyl sites for hydroxylation is 2. The van der Waals surface area contributed by atoms with Crippen LogP contribution >= 0.6 is 35.4 Å². The van der Waals surface area contributed by atoms with E-state index < -0.39 is 0 Å². The maximum atomic E-state index is 13.4. The van der Waals surface area contributed by atoms with E-state index in [0.29, 0.717) is 26.3 Å². The van der Waals surface area contributed by atoms with Crippen LogP contribution in [0.2, 0.25) is 10.0 Å². The quantitative estimate of drug-likeness (QED) is 0.274. The van der Waals surface area contributed by atoms with Crippen LogP contribution < -0.4 is 15.0 Å². The lowest BCUT2D eigenvalue weighted by Crippen LogP contribution is -2.39. The molecule has 0 saturated carbocycles. The molecule has 0 aliphatic rings. The molecule has 0 bridgehead atoms. The normalized spacial score (nSPS) is 11.7. The van der Waals surface area contributed by atoms with E-state index in [-0.39, 0.29) is 5.76 Å². The number of rotatable bonds is 4. The molecule has 0 spiro atoms. The maximum absolute atomic E-state index is 13.4. The molecule has 3 nitrogen and oxygen atoms in total. The van der Waals surface area contributed by atoms with Crippen LogP contribution in [0.4, 0.5) is 5.69 Å². The van der Waals surface area contributed by atoms with Crippen molar-refractivity contribution in [2.24, 2.45) is 0 Å². The molecule has 0 aliphatic carbocycles. The first-order chi connectivity index (χ1) is 13.4. The number of benzene rings is 2. The Morgan fingerprint density at radius 1 is 1.00 bits per heavy atom. The smallest absolute Gasteiger partial charge is 0.238 e. The van der Waals surface area contributed by atoms with Gasteiger partial charge in [-0.2, -0.15) is 4.57 Å². The summed E-state index contributed by atoms with van der Waals surface area (Å²) in [5.41, 5.74) is 3.56. The Morgan fingerprint density at radius 2 is 1.71 bits per heavy atom. The number of thiocarbonyl (C=S) groups is 1. The number of hydrogen-bond donors (Lipinski definition) is 1. The van der Waals surface area contributed by atoms with Crippen molar-refractivity contribution in [3.8, 4) is 0 Å². The number of anilines is 1. The largest absolute Gasteiger partial charge is 0.867 e. The standard InChI is InChI=1S/C22H18Cl2N2OS/c1-14-6-7-15(2)19(12-14)25-22(28)20(26-10-4-3-5-11-26)21(27)17-13-16(23)8-9-18(17)24/h3-13H,1-2H3,(H-,25,27,28). The van der Waals surface area contributed by atoms with Crippen LogP contribution in [0.3, 0.4) is 0 Å².